The molecule has 0 radical (unpaired) electrons. The Hall–Kier alpha value is -6.86. The topological polar surface area (TPSA) is 438 Å². The van der Waals surface area contributed by atoms with Gasteiger partial charge in [-0.3, -0.25) is 19.2 Å². The number of amides is 3. The van der Waals surface area contributed by atoms with Gasteiger partial charge in [0.15, 0.2) is 28.7 Å². The number of aliphatic carboxylic acids is 1. The predicted octanol–water partition coefficient (Wildman–Crippen LogP) is 22.3. The summed E-state index contributed by atoms with van der Waals surface area (Å²) in [6.07, 6.45) is 6.09. The number of nitrogens with two attached hydrogens (primary N) is 3. The largest absolute Gasteiger partial charge is 0.508 e. The number of carbonyl (C=O) groups is 4. The minimum Gasteiger partial charge on any atom is -0.508 e. The van der Waals surface area contributed by atoms with Crippen LogP contribution < -0.4 is 61.6 Å². The van der Waals surface area contributed by atoms with Gasteiger partial charge in [-0.1, -0.05) is 12.1 Å². The molecular weight excluding hydrogens is 2900 g/mol. The number of methoxy groups -OCH3 is 2. The molecule has 736 valence electrons. The van der Waals surface area contributed by atoms with E-state index in [1.807, 2.05) is 74.5 Å². The number of carboxylic acids is 1. The molecule has 0 aromatic heterocycles. The SMILES string of the molecule is COCCCNC(=O)CCc1cc(I)c(Oc2ccc(O)cc2)c(I)c1.COCCNC(=O)CCc1cc(I)c(Oc2ccc(O)cc2)c(I)c1.Cc1cc(CCC(=O)O)cc(C)c1Oc1ccc(O)cc1.NC[C@@H](N)Cc1cc(I)c(Oc2ccc(O)cc2)c(I)c1.N[C@@H](CO)Cc1cc(I)c(Oc2ccc(O)cc2)c(I)c1.O=C(CCc1cc(I)c(Oc2ccc(O)cc2)c(I)c1)NCCO. The van der Waals surface area contributed by atoms with E-state index >= 15 is 0 Å². The monoisotopic (exact) mass is 3010 g/mol. The van der Waals surface area contributed by atoms with E-state index in [1.165, 1.54) is 0 Å². The molecule has 0 fully saturated rings. The van der Waals surface area contributed by atoms with E-state index in [-0.39, 0.29) is 90.5 Å². The summed E-state index contributed by atoms with van der Waals surface area (Å²) in [6, 6.07) is 63.6. The standard InChI is InChI=1S/C19H21I2NO4.C18H19I2NO4.C17H17I2NO4.C17H18O4.C15H16I2N2O2.C15H15I2NO3/c1-25-10-2-9-22-18(24)8-3-13-11-16(20)19(17(21)12-13)26-15-6-4-14(23)5-7-15;1-24-9-8-21-17(23)7-2-12-10-15(19)18(16(20)11-12)25-14-5-3-13(22)4-6-14;18-14-9-11(1-6-16(23)20-7-8-21)10-15(19)17(14)24-13-4-2-12(22)3-5-13;1-11-9-13(3-8-16(19)20)10-12(2)17(11)21-15-6-4-14(18)5-7-15;16-13-6-9(5-10(19)8-18)7-14(17)15(13)21-12-3-1-11(20)2-4-12;16-13-6-9(5-10(18)8-19)7-14(17)15(13)21-12-3-1-11(20)2-4-12/h4-7,11-12,23H,2-3,8-10H2,1H3,(H,22,24);3-6,10-11,22H,2,7-9H2,1H3,(H,21,23);2-5,9-10,21-22H,1,6-8H2,(H,20,23);4-7,9-10,18H,3,8H2,1-2H3,(H,19,20);1-4,6-7,10,20H,5,8,18-19H2;1-4,6-7,10,19-20H,5,8,18H2/t;;;;2*10-/m....01/s1. The van der Waals surface area contributed by atoms with Crippen LogP contribution in [-0.4, -0.2) is 149 Å². The van der Waals surface area contributed by atoms with Crippen molar-refractivity contribution in [2.24, 2.45) is 17.2 Å². The van der Waals surface area contributed by atoms with Crippen molar-refractivity contribution in [1.29, 1.82) is 0 Å². The Bertz CT molecular complexity index is 5640. The second-order valence-corrected chi connectivity index (χ2v) is 42.1. The predicted molar refractivity (Wildman–Crippen MR) is 619 cm³/mol. The molecule has 0 spiro atoms. The smallest absolute Gasteiger partial charge is 0.303 e. The summed E-state index contributed by atoms with van der Waals surface area (Å²) >= 11 is 22.3. The van der Waals surface area contributed by atoms with Gasteiger partial charge >= 0.3 is 5.97 Å². The number of carboxylic acid groups (broad SMARTS) is 1. The molecule has 138 heavy (non-hydrogen) atoms. The number of carbonyl (C=O) groups excluding carboxylic acids is 3. The van der Waals surface area contributed by atoms with Crippen LogP contribution in [0, 0.1) is 49.5 Å². The highest BCUT2D eigenvalue weighted by molar-refractivity contribution is 14.1. The molecule has 0 saturated carbocycles. The lowest BCUT2D eigenvalue weighted by molar-refractivity contribution is -0.137. The summed E-state index contributed by atoms with van der Waals surface area (Å²) in [4.78, 5) is 45.9. The van der Waals surface area contributed by atoms with Crippen LogP contribution in [0.2, 0.25) is 0 Å². The fourth-order valence-electron chi connectivity index (χ4n) is 12.3. The third kappa shape index (κ3) is 43.8. The zero-order chi connectivity index (χ0) is 101. The number of aryl methyl sites for hydroxylation is 6. The second-order valence-electron chi connectivity index (χ2n) is 30.4. The molecule has 0 aliphatic heterocycles. The number of aromatic hydroxyl groups is 6. The van der Waals surface area contributed by atoms with Gasteiger partial charge in [0.2, 0.25) is 17.7 Å². The van der Waals surface area contributed by atoms with E-state index in [1.54, 1.807) is 160 Å². The van der Waals surface area contributed by atoms with Gasteiger partial charge in [0, 0.05) is 84.8 Å². The maximum atomic E-state index is 11.9. The van der Waals surface area contributed by atoms with E-state index in [2.05, 4.69) is 254 Å². The van der Waals surface area contributed by atoms with Crippen molar-refractivity contribution in [3.05, 3.63) is 299 Å². The molecule has 37 heteroatoms. The van der Waals surface area contributed by atoms with Crippen LogP contribution in [0.25, 0.3) is 0 Å². The summed E-state index contributed by atoms with van der Waals surface area (Å²) in [5.41, 5.74) is 25.6. The minimum absolute atomic E-state index is 0.0199. The molecular formula is C101H106I10N6O21. The molecule has 0 unspecified atom stereocenters. The van der Waals surface area contributed by atoms with Gasteiger partial charge in [-0.25, -0.2) is 0 Å². The quantitative estimate of drug-likeness (QED) is 0.0126. The Morgan fingerprint density at radius 2 is 0.551 bits per heavy atom. The van der Waals surface area contributed by atoms with Gasteiger partial charge in [0.05, 0.1) is 55.5 Å². The molecule has 18 N–H and O–H groups in total. The number of benzene rings is 12. The maximum absolute atomic E-state index is 11.9. The Kier molecular flexibility index (Phi) is 54.2. The summed E-state index contributed by atoms with van der Waals surface area (Å²) in [6.45, 7) is 6.89. The number of phenols is 6. The third-order valence-corrected chi connectivity index (χ3v) is 27.2. The second kappa shape index (κ2) is 63.3. The van der Waals surface area contributed by atoms with Gasteiger partial charge in [-0.2, -0.15) is 0 Å². The molecule has 0 saturated heterocycles. The van der Waals surface area contributed by atoms with Crippen LogP contribution in [0.4, 0.5) is 0 Å². The van der Waals surface area contributed by atoms with E-state index in [9.17, 15) is 49.8 Å². The Morgan fingerprint density at radius 3 is 0.797 bits per heavy atom. The van der Waals surface area contributed by atoms with Gasteiger partial charge in [0.1, 0.15) is 74.7 Å². The minimum atomic E-state index is -0.797. The first-order valence-electron chi connectivity index (χ1n) is 42.7. The zero-order valence-electron chi connectivity index (χ0n) is 75.3. The van der Waals surface area contributed by atoms with E-state index in [0.29, 0.717) is 119 Å². The fourth-order valence-corrected chi connectivity index (χ4v) is 22.9. The van der Waals surface area contributed by atoms with E-state index in [0.717, 1.165) is 128 Å². The summed E-state index contributed by atoms with van der Waals surface area (Å²) in [7, 11) is 3.26. The average molecular weight is 3010 g/mol. The van der Waals surface area contributed by atoms with Crippen LogP contribution in [0.15, 0.2) is 218 Å². The lowest BCUT2D eigenvalue weighted by Crippen LogP contribution is -2.31. The average Bonchev–Trinajstić information content (AvgIpc) is 0.842. The highest BCUT2D eigenvalue weighted by atomic mass is 127. The molecule has 0 aliphatic carbocycles. The van der Waals surface area contributed by atoms with Crippen molar-refractivity contribution >= 4 is 250 Å². The molecule has 12 aromatic carbocycles. The van der Waals surface area contributed by atoms with E-state index in [4.69, 9.17) is 70.4 Å². The number of halogens is 10. The van der Waals surface area contributed by atoms with Crippen LogP contribution in [0.5, 0.6) is 103 Å². The van der Waals surface area contributed by atoms with Crippen LogP contribution in [0.3, 0.4) is 0 Å². The van der Waals surface area contributed by atoms with E-state index < -0.39 is 5.97 Å². The molecule has 12 rings (SSSR count). The molecule has 27 nitrogen and oxygen atoms in total. The highest BCUT2D eigenvalue weighted by Gasteiger charge is 2.20. The first-order chi connectivity index (χ1) is 65.9. The van der Waals surface area contributed by atoms with Gasteiger partial charge in [0.25, 0.3) is 0 Å². The molecule has 3 amide bonds. The normalized spacial score (nSPS) is 11.0. The summed E-state index contributed by atoms with van der Waals surface area (Å²) in [5, 5.41) is 90.7. The van der Waals surface area contributed by atoms with Crippen molar-refractivity contribution in [3.8, 4) is 103 Å². The van der Waals surface area contributed by atoms with Crippen molar-refractivity contribution in [2.75, 3.05) is 66.8 Å². The molecule has 0 heterocycles. The van der Waals surface area contributed by atoms with Crippen LogP contribution in [-0.2, 0) is 67.2 Å². The Labute approximate surface area is 939 Å². The number of ether oxygens (including phenoxy) is 8. The number of nitrogens with one attached hydrogen (secondary N) is 3. The Morgan fingerprint density at radius 1 is 0.319 bits per heavy atom. The summed E-state index contributed by atoms with van der Waals surface area (Å²) < 4.78 is 55.1. The lowest BCUT2D eigenvalue weighted by atomic mass is 10.0. The summed E-state index contributed by atoms with van der Waals surface area (Å²) in [5.74, 6) is 9.11. The van der Waals surface area contributed by atoms with Crippen LogP contribution in [0.1, 0.15) is 76.6 Å². The molecule has 2 atom stereocenters. The molecule has 12 aromatic rings. The van der Waals surface area contributed by atoms with Crippen molar-refractivity contribution < 1.29 is 103 Å². The first-order valence-corrected chi connectivity index (χ1v) is 53.4. The number of aliphatic hydroxyl groups excluding tert-OH is 2. The maximum Gasteiger partial charge on any atom is 0.303 e. The number of hydrogen-bond acceptors (Lipinski definition) is 23. The van der Waals surface area contributed by atoms with Crippen molar-refractivity contribution in [3.63, 3.8) is 0 Å². The van der Waals surface area contributed by atoms with Crippen molar-refractivity contribution in [2.45, 2.75) is 96.6 Å². The van der Waals surface area contributed by atoms with Gasteiger partial charge < -0.3 is 117 Å². The number of phenolic OH excluding ortho intramolecular Hbond substituents is 6. The zero-order valence-corrected chi connectivity index (χ0v) is 96.9. The van der Waals surface area contributed by atoms with Crippen molar-refractivity contribution in [1.82, 2.24) is 16.0 Å². The lowest BCUT2D eigenvalue weighted by Gasteiger charge is -2.14. The fraction of sp³-hybridized carbons (Fsp3) is 0.248. The number of rotatable bonds is 39. The first kappa shape index (κ1) is 118. The van der Waals surface area contributed by atoms with Gasteiger partial charge in [-0.15, -0.1) is 0 Å². The highest BCUT2D eigenvalue weighted by Crippen LogP contribution is 2.41. The molecule has 0 bridgehead atoms. The van der Waals surface area contributed by atoms with Crippen LogP contribution >= 0.6 is 226 Å². The number of aliphatic hydroxyl groups is 2. The Balaban J connectivity index is 0.000000226. The third-order valence-electron chi connectivity index (χ3n) is 19.1. The number of hydrogen-bond donors (Lipinski definition) is 15. The van der Waals surface area contributed by atoms with Gasteiger partial charge in [-0.05, 0) is 535 Å². The molecule has 0 aliphatic rings.